The SMILES string of the molecule is CC1=C(C)c2nc1nc1[nH]c(nc3[nH]c(n2)c(C)c3C)c(C)c1C. The summed E-state index contributed by atoms with van der Waals surface area (Å²) in [6, 6.07) is 0. The van der Waals surface area contributed by atoms with E-state index in [2.05, 4.69) is 42.6 Å². The molecule has 0 atom stereocenters. The van der Waals surface area contributed by atoms with Crippen LogP contribution in [-0.4, -0.2) is 29.9 Å². The van der Waals surface area contributed by atoms with E-state index in [-0.39, 0.29) is 0 Å². The lowest BCUT2D eigenvalue weighted by Crippen LogP contribution is -1.87. The Morgan fingerprint density at radius 2 is 0.792 bits per heavy atom. The molecule has 6 heteroatoms. The van der Waals surface area contributed by atoms with E-state index in [0.717, 1.165) is 56.0 Å². The van der Waals surface area contributed by atoms with Gasteiger partial charge in [0.1, 0.15) is 22.6 Å². The molecule has 6 nitrogen and oxygen atoms in total. The van der Waals surface area contributed by atoms with Crippen molar-refractivity contribution in [2.45, 2.75) is 41.5 Å². The lowest BCUT2D eigenvalue weighted by molar-refractivity contribution is 1.11. The fourth-order valence-electron chi connectivity index (χ4n) is 2.90. The van der Waals surface area contributed by atoms with Crippen LogP contribution in [0.4, 0.5) is 0 Å². The second-order valence-corrected chi connectivity index (χ2v) is 6.49. The maximum Gasteiger partial charge on any atom is 0.160 e. The molecule has 24 heavy (non-hydrogen) atoms. The molecular formula is C18H20N6. The molecule has 4 rings (SSSR count). The zero-order valence-corrected chi connectivity index (χ0v) is 14.8. The fourth-order valence-corrected chi connectivity index (χ4v) is 2.90. The van der Waals surface area contributed by atoms with Gasteiger partial charge in [-0.15, -0.1) is 0 Å². The molecule has 1 aliphatic heterocycles. The molecule has 0 saturated heterocycles. The monoisotopic (exact) mass is 320 g/mol. The van der Waals surface area contributed by atoms with Crippen LogP contribution in [-0.2, 0) is 0 Å². The molecule has 122 valence electrons. The van der Waals surface area contributed by atoms with Gasteiger partial charge in [-0.25, -0.2) is 19.9 Å². The zero-order chi connectivity index (χ0) is 17.2. The minimum absolute atomic E-state index is 0.712. The lowest BCUT2D eigenvalue weighted by Gasteiger charge is -1.93. The molecule has 0 fully saturated rings. The number of H-pyrrole nitrogens is 2. The Morgan fingerprint density at radius 3 is 1.17 bits per heavy atom. The molecule has 0 amide bonds. The third-order valence-electron chi connectivity index (χ3n) is 5.12. The van der Waals surface area contributed by atoms with Crippen molar-refractivity contribution in [3.63, 3.8) is 0 Å². The van der Waals surface area contributed by atoms with Crippen molar-refractivity contribution in [2.75, 3.05) is 0 Å². The quantitative estimate of drug-likeness (QED) is 0.659. The highest BCUT2D eigenvalue weighted by Gasteiger charge is 2.17. The van der Waals surface area contributed by atoms with Crippen LogP contribution in [0.25, 0.3) is 33.7 Å². The standard InChI is InChI=1S/C18H20N6/c1-7-8(2)14-19-13(7)22-15-9(3)10(4)17(20-15)24-18-12(6)11(5)16(21-18)23-14/h1-6H3,(H2,19,20,21,22,23,24). The number of hydrogen-bond donors (Lipinski definition) is 2. The number of fused-ring (bicyclic) bond motifs is 6. The molecular weight excluding hydrogens is 300 g/mol. The van der Waals surface area contributed by atoms with Crippen molar-refractivity contribution >= 4 is 33.7 Å². The summed E-state index contributed by atoms with van der Waals surface area (Å²) in [5.74, 6) is 1.42. The van der Waals surface area contributed by atoms with Gasteiger partial charge >= 0.3 is 0 Å². The third-order valence-corrected chi connectivity index (χ3v) is 5.12. The van der Waals surface area contributed by atoms with Gasteiger partial charge in [-0.1, -0.05) is 0 Å². The number of nitrogens with one attached hydrogen (secondary N) is 2. The summed E-state index contributed by atoms with van der Waals surface area (Å²) < 4.78 is 0. The number of aromatic amines is 2. The molecule has 6 bridgehead atoms. The second kappa shape index (κ2) is 4.87. The highest BCUT2D eigenvalue weighted by atomic mass is 15.0. The summed E-state index contributed by atoms with van der Waals surface area (Å²) in [5, 5.41) is 0. The molecule has 0 radical (unpaired) electrons. The first kappa shape index (κ1) is 14.8. The summed E-state index contributed by atoms with van der Waals surface area (Å²) in [7, 11) is 0. The number of nitrogens with zero attached hydrogens (tertiary/aromatic N) is 4. The van der Waals surface area contributed by atoms with Crippen LogP contribution in [0.2, 0.25) is 0 Å². The predicted octanol–water partition coefficient (Wildman–Crippen LogP) is 3.85. The number of allylic oxidation sites excluding steroid dienone is 2. The van der Waals surface area contributed by atoms with E-state index in [9.17, 15) is 0 Å². The van der Waals surface area contributed by atoms with Crippen LogP contribution in [0, 0.1) is 27.7 Å². The number of hydrogen-bond acceptors (Lipinski definition) is 4. The molecule has 3 aromatic rings. The van der Waals surface area contributed by atoms with Gasteiger partial charge in [-0.3, -0.25) is 0 Å². The Bertz CT molecular complexity index is 1030. The Balaban J connectivity index is 2.29. The molecule has 0 aromatic carbocycles. The summed E-state index contributed by atoms with van der Waals surface area (Å²) in [6.45, 7) is 12.3. The minimum Gasteiger partial charge on any atom is -0.324 e. The first-order chi connectivity index (χ1) is 11.4. The topological polar surface area (TPSA) is 83.1 Å². The average molecular weight is 320 g/mol. The van der Waals surface area contributed by atoms with Crippen LogP contribution < -0.4 is 0 Å². The van der Waals surface area contributed by atoms with Gasteiger partial charge in [-0.05, 0) is 63.8 Å². The summed E-state index contributed by atoms with van der Waals surface area (Å²) in [5.41, 5.74) is 9.74. The maximum atomic E-state index is 4.77. The van der Waals surface area contributed by atoms with Crippen LogP contribution >= 0.6 is 0 Å². The Kier molecular flexibility index (Phi) is 3.00. The number of rotatable bonds is 0. The highest BCUT2D eigenvalue weighted by Crippen LogP contribution is 2.28. The van der Waals surface area contributed by atoms with Crippen LogP contribution in [0.15, 0.2) is 0 Å². The van der Waals surface area contributed by atoms with E-state index >= 15 is 0 Å². The Morgan fingerprint density at radius 1 is 0.458 bits per heavy atom. The van der Waals surface area contributed by atoms with Crippen molar-refractivity contribution < 1.29 is 0 Å². The van der Waals surface area contributed by atoms with Gasteiger partial charge in [-0.2, -0.15) is 0 Å². The molecule has 1 aliphatic rings. The van der Waals surface area contributed by atoms with E-state index in [0.29, 0.717) is 11.6 Å². The summed E-state index contributed by atoms with van der Waals surface area (Å²) in [6.07, 6.45) is 0. The van der Waals surface area contributed by atoms with Gasteiger partial charge in [0.15, 0.2) is 11.6 Å². The van der Waals surface area contributed by atoms with E-state index in [4.69, 9.17) is 15.0 Å². The predicted molar refractivity (Wildman–Crippen MR) is 96.1 cm³/mol. The smallest absolute Gasteiger partial charge is 0.160 e. The van der Waals surface area contributed by atoms with Gasteiger partial charge in [0.2, 0.25) is 0 Å². The lowest BCUT2D eigenvalue weighted by atomic mass is 10.2. The molecule has 4 heterocycles. The van der Waals surface area contributed by atoms with Crippen LogP contribution in [0.1, 0.15) is 47.8 Å². The molecule has 0 saturated carbocycles. The van der Waals surface area contributed by atoms with Crippen molar-refractivity contribution in [1.82, 2.24) is 29.9 Å². The molecule has 0 spiro atoms. The van der Waals surface area contributed by atoms with Crippen molar-refractivity contribution in [3.8, 4) is 0 Å². The van der Waals surface area contributed by atoms with Gasteiger partial charge < -0.3 is 9.97 Å². The molecule has 0 unspecified atom stereocenters. The normalized spacial score (nSPS) is 13.2. The number of aryl methyl sites for hydroxylation is 4. The Hall–Kier alpha value is -2.76. The van der Waals surface area contributed by atoms with Crippen molar-refractivity contribution in [1.29, 1.82) is 0 Å². The molecule has 0 aliphatic carbocycles. The maximum absolute atomic E-state index is 4.77. The molecule has 3 aromatic heterocycles. The first-order valence-electron chi connectivity index (χ1n) is 8.04. The Labute approximate surface area is 139 Å². The fraction of sp³-hybridized carbons (Fsp3) is 0.333. The summed E-state index contributed by atoms with van der Waals surface area (Å²) in [4.78, 5) is 25.5. The average Bonchev–Trinajstić information content (AvgIpc) is 3.07. The van der Waals surface area contributed by atoms with Crippen LogP contribution in [0.3, 0.4) is 0 Å². The zero-order valence-electron chi connectivity index (χ0n) is 14.8. The molecule has 2 N–H and O–H groups in total. The van der Waals surface area contributed by atoms with Gasteiger partial charge in [0.05, 0.1) is 0 Å². The number of aromatic nitrogens is 6. The van der Waals surface area contributed by atoms with E-state index in [1.807, 2.05) is 13.8 Å². The van der Waals surface area contributed by atoms with Gasteiger partial charge in [0.25, 0.3) is 0 Å². The van der Waals surface area contributed by atoms with Gasteiger partial charge in [0, 0.05) is 11.1 Å². The van der Waals surface area contributed by atoms with E-state index < -0.39 is 0 Å². The minimum atomic E-state index is 0.712. The van der Waals surface area contributed by atoms with E-state index in [1.165, 1.54) is 0 Å². The largest absolute Gasteiger partial charge is 0.324 e. The van der Waals surface area contributed by atoms with Crippen molar-refractivity contribution in [3.05, 3.63) is 33.9 Å². The second-order valence-electron chi connectivity index (χ2n) is 6.49. The van der Waals surface area contributed by atoms with E-state index in [1.54, 1.807) is 0 Å². The highest BCUT2D eigenvalue weighted by molar-refractivity contribution is 5.88. The summed E-state index contributed by atoms with van der Waals surface area (Å²) >= 11 is 0. The van der Waals surface area contributed by atoms with Crippen LogP contribution in [0.5, 0.6) is 0 Å². The van der Waals surface area contributed by atoms with Crippen molar-refractivity contribution in [2.24, 2.45) is 0 Å². The third kappa shape index (κ3) is 1.95. The first-order valence-corrected chi connectivity index (χ1v) is 8.04.